The molecule has 7 heteroatoms. The van der Waals surface area contributed by atoms with E-state index in [4.69, 9.17) is 16.3 Å². The molecular weight excluding hydrogens is 302 g/mol. The number of phenols is 1. The summed E-state index contributed by atoms with van der Waals surface area (Å²) in [7, 11) is 1.51. The molecular formula is C13H12ClNO4S. The Balaban J connectivity index is 2.20. The topological polar surface area (TPSA) is 66.8 Å². The summed E-state index contributed by atoms with van der Waals surface area (Å²) in [5.41, 5.74) is 0.644. The maximum absolute atomic E-state index is 12.1. The molecule has 0 aliphatic carbocycles. The molecule has 20 heavy (non-hydrogen) atoms. The number of thioether (sulfide) groups is 1. The number of methoxy groups -OCH3 is 1. The van der Waals surface area contributed by atoms with E-state index >= 15 is 0 Å². The molecule has 2 amide bonds. The van der Waals surface area contributed by atoms with Crippen LogP contribution in [0.2, 0.25) is 5.02 Å². The number of ether oxygens (including phenoxy) is 1. The molecule has 1 heterocycles. The molecule has 0 spiro atoms. The Labute approximate surface area is 125 Å². The lowest BCUT2D eigenvalue weighted by molar-refractivity contribution is -0.123. The number of nitrogens with zero attached hydrogens (tertiary/aromatic N) is 1. The molecule has 1 aliphatic heterocycles. The van der Waals surface area contributed by atoms with Gasteiger partial charge in [-0.2, -0.15) is 0 Å². The van der Waals surface area contributed by atoms with Crippen molar-refractivity contribution in [2.45, 2.75) is 0 Å². The fraction of sp³-hybridized carbons (Fsp3) is 0.231. The van der Waals surface area contributed by atoms with Crippen LogP contribution in [-0.4, -0.2) is 41.4 Å². The number of aromatic hydroxyl groups is 1. The van der Waals surface area contributed by atoms with Crippen LogP contribution in [0.4, 0.5) is 4.79 Å². The summed E-state index contributed by atoms with van der Waals surface area (Å²) in [4.78, 5) is 25.2. The fourth-order valence-corrected chi connectivity index (χ4v) is 2.69. The highest BCUT2D eigenvalue weighted by molar-refractivity contribution is 8.18. The highest BCUT2D eigenvalue weighted by atomic mass is 35.5. The Kier molecular flexibility index (Phi) is 4.69. The summed E-state index contributed by atoms with van der Waals surface area (Å²) in [5.74, 6) is -0.377. The predicted molar refractivity (Wildman–Crippen MR) is 77.7 cm³/mol. The number of rotatable bonds is 4. The van der Waals surface area contributed by atoms with E-state index in [1.54, 1.807) is 12.1 Å². The summed E-state index contributed by atoms with van der Waals surface area (Å²) in [6.45, 7) is 0.533. The molecule has 1 aromatic carbocycles. The van der Waals surface area contributed by atoms with Crippen molar-refractivity contribution in [3.63, 3.8) is 0 Å². The first-order valence-corrected chi connectivity index (χ1v) is 6.95. The Morgan fingerprint density at radius 2 is 2.20 bits per heavy atom. The monoisotopic (exact) mass is 313 g/mol. The zero-order valence-corrected chi connectivity index (χ0v) is 12.2. The van der Waals surface area contributed by atoms with Gasteiger partial charge < -0.3 is 9.84 Å². The second kappa shape index (κ2) is 6.30. The van der Waals surface area contributed by atoms with Gasteiger partial charge in [0.25, 0.3) is 11.1 Å². The van der Waals surface area contributed by atoms with Gasteiger partial charge in [-0.3, -0.25) is 14.5 Å². The van der Waals surface area contributed by atoms with Gasteiger partial charge in [-0.05, 0) is 35.5 Å². The van der Waals surface area contributed by atoms with Crippen molar-refractivity contribution in [3.05, 3.63) is 33.7 Å². The van der Waals surface area contributed by atoms with Crippen LogP contribution >= 0.6 is 23.4 Å². The first-order valence-electron chi connectivity index (χ1n) is 5.75. The van der Waals surface area contributed by atoms with Crippen LogP contribution in [0.25, 0.3) is 6.08 Å². The van der Waals surface area contributed by atoms with E-state index in [9.17, 15) is 14.7 Å². The van der Waals surface area contributed by atoms with Gasteiger partial charge in [0, 0.05) is 7.11 Å². The highest BCUT2D eigenvalue weighted by Gasteiger charge is 2.34. The number of carbonyl (C=O) groups excluding carboxylic acids is 2. The zero-order valence-electron chi connectivity index (χ0n) is 10.6. The number of amides is 2. The van der Waals surface area contributed by atoms with Crippen molar-refractivity contribution in [2.75, 3.05) is 20.3 Å². The first kappa shape index (κ1) is 14.9. The Morgan fingerprint density at radius 1 is 1.45 bits per heavy atom. The molecule has 0 radical (unpaired) electrons. The molecule has 2 rings (SSSR count). The smallest absolute Gasteiger partial charge is 0.293 e. The molecule has 1 aliphatic rings. The number of hydrogen-bond donors (Lipinski definition) is 1. The lowest BCUT2D eigenvalue weighted by atomic mass is 10.2. The predicted octanol–water partition coefficient (Wildman–Crippen LogP) is 2.73. The number of carbonyl (C=O) groups is 2. The van der Waals surface area contributed by atoms with Crippen LogP contribution in [-0.2, 0) is 9.53 Å². The Morgan fingerprint density at radius 3 is 2.85 bits per heavy atom. The van der Waals surface area contributed by atoms with Gasteiger partial charge in [0.2, 0.25) is 0 Å². The third-order valence-corrected chi connectivity index (χ3v) is 3.87. The van der Waals surface area contributed by atoms with Crippen LogP contribution in [0.15, 0.2) is 23.1 Å². The minimum absolute atomic E-state index is 0.0305. The van der Waals surface area contributed by atoms with Gasteiger partial charge in [0.05, 0.1) is 23.1 Å². The second-order valence-corrected chi connectivity index (χ2v) is 5.44. The van der Waals surface area contributed by atoms with E-state index in [1.807, 2.05) is 0 Å². The molecule has 5 nitrogen and oxygen atoms in total. The van der Waals surface area contributed by atoms with Gasteiger partial charge in [0.15, 0.2) is 0 Å². The van der Waals surface area contributed by atoms with Crippen LogP contribution < -0.4 is 0 Å². The van der Waals surface area contributed by atoms with Crippen LogP contribution in [0, 0.1) is 0 Å². The van der Waals surface area contributed by atoms with Crippen LogP contribution in [0.5, 0.6) is 5.75 Å². The molecule has 0 bridgehead atoms. The molecule has 1 saturated heterocycles. The van der Waals surface area contributed by atoms with E-state index in [2.05, 4.69) is 0 Å². The van der Waals surface area contributed by atoms with E-state index in [0.717, 1.165) is 16.7 Å². The van der Waals surface area contributed by atoms with E-state index in [-0.39, 0.29) is 28.5 Å². The lowest BCUT2D eigenvalue weighted by Crippen LogP contribution is -2.31. The maximum atomic E-state index is 12.1. The molecule has 1 N–H and O–H groups in total. The van der Waals surface area contributed by atoms with E-state index in [1.165, 1.54) is 19.2 Å². The number of phenolic OH excluding ortho intramolecular Hbond substituents is 1. The second-order valence-electron chi connectivity index (χ2n) is 4.04. The Bertz CT molecular complexity index is 588. The largest absolute Gasteiger partial charge is 0.506 e. The summed E-state index contributed by atoms with van der Waals surface area (Å²) in [5, 5.41) is 9.21. The third kappa shape index (κ3) is 3.15. The number of imide groups is 1. The minimum Gasteiger partial charge on any atom is -0.506 e. The van der Waals surface area contributed by atoms with E-state index in [0.29, 0.717) is 17.1 Å². The lowest BCUT2D eigenvalue weighted by Gasteiger charge is -2.10. The minimum atomic E-state index is -0.346. The molecule has 0 saturated carbocycles. The quantitative estimate of drug-likeness (QED) is 0.866. The highest BCUT2D eigenvalue weighted by Crippen LogP contribution is 2.33. The normalized spacial score (nSPS) is 17.3. The van der Waals surface area contributed by atoms with E-state index < -0.39 is 0 Å². The molecule has 0 unspecified atom stereocenters. The number of halogens is 1. The maximum Gasteiger partial charge on any atom is 0.293 e. The molecule has 1 fully saturated rings. The van der Waals surface area contributed by atoms with Gasteiger partial charge in [-0.1, -0.05) is 17.7 Å². The average molecular weight is 314 g/mol. The van der Waals surface area contributed by atoms with Crippen LogP contribution in [0.1, 0.15) is 5.56 Å². The molecule has 106 valence electrons. The van der Waals surface area contributed by atoms with Gasteiger partial charge in [0.1, 0.15) is 5.75 Å². The fourth-order valence-electron chi connectivity index (χ4n) is 1.64. The summed E-state index contributed by atoms with van der Waals surface area (Å²) in [6.07, 6.45) is 1.57. The van der Waals surface area contributed by atoms with Gasteiger partial charge in [-0.15, -0.1) is 0 Å². The molecule has 1 aromatic rings. The molecule has 0 aromatic heterocycles. The molecule has 0 atom stereocenters. The van der Waals surface area contributed by atoms with Crippen molar-refractivity contribution in [2.24, 2.45) is 0 Å². The summed E-state index contributed by atoms with van der Waals surface area (Å²) >= 11 is 6.67. The first-order chi connectivity index (χ1) is 9.52. The standard InChI is InChI=1S/C13H12ClNO4S/c1-19-5-4-15-12(17)11(20-13(15)18)7-8-2-3-10(16)9(14)6-8/h2-3,6-7,16H,4-5H2,1H3/b11-7+. The third-order valence-electron chi connectivity index (χ3n) is 2.66. The number of benzene rings is 1. The van der Waals surface area contributed by atoms with Crippen molar-refractivity contribution >= 4 is 40.6 Å². The van der Waals surface area contributed by atoms with Crippen molar-refractivity contribution in [1.29, 1.82) is 0 Å². The van der Waals surface area contributed by atoms with Crippen LogP contribution in [0.3, 0.4) is 0 Å². The van der Waals surface area contributed by atoms with Crippen molar-refractivity contribution in [1.82, 2.24) is 4.90 Å². The Hall–Kier alpha value is -1.50. The van der Waals surface area contributed by atoms with Crippen molar-refractivity contribution in [3.8, 4) is 5.75 Å². The van der Waals surface area contributed by atoms with Gasteiger partial charge in [-0.25, -0.2) is 0 Å². The SMILES string of the molecule is COCCN1C(=O)S/C(=C/c2ccc(O)c(Cl)c2)C1=O. The van der Waals surface area contributed by atoms with Crippen molar-refractivity contribution < 1.29 is 19.4 Å². The zero-order chi connectivity index (χ0) is 14.7. The van der Waals surface area contributed by atoms with Gasteiger partial charge >= 0.3 is 0 Å². The summed E-state index contributed by atoms with van der Waals surface area (Å²) < 4.78 is 4.86. The summed E-state index contributed by atoms with van der Waals surface area (Å²) in [6, 6.07) is 4.58. The number of hydrogen-bond acceptors (Lipinski definition) is 5. The average Bonchev–Trinajstić information content (AvgIpc) is 2.67.